The minimum atomic E-state index is -0.930. The average molecular weight is 300 g/mol. The number of fused-ring (bicyclic) bond motifs is 1. The second-order valence-electron chi connectivity index (χ2n) is 5.75. The van der Waals surface area contributed by atoms with Crippen molar-refractivity contribution in [3.05, 3.63) is 28.8 Å². The van der Waals surface area contributed by atoms with Gasteiger partial charge >= 0.3 is 6.09 Å². The molecule has 1 aromatic carbocycles. The number of carbonyl (C=O) groups excluding carboxylic acids is 1. The summed E-state index contributed by atoms with van der Waals surface area (Å²) in [4.78, 5) is 23.2. The van der Waals surface area contributed by atoms with E-state index in [1.165, 1.54) is 4.90 Å². The molecule has 6 nitrogen and oxygen atoms in total. The van der Waals surface area contributed by atoms with E-state index in [0.29, 0.717) is 30.7 Å². The summed E-state index contributed by atoms with van der Waals surface area (Å²) in [5.74, 6) is 0.505. The maximum Gasteiger partial charge on any atom is 0.407 e. The van der Waals surface area contributed by atoms with Crippen molar-refractivity contribution in [1.29, 1.82) is 5.26 Å². The van der Waals surface area contributed by atoms with Gasteiger partial charge in [-0.1, -0.05) is 0 Å². The largest absolute Gasteiger partial charge is 0.491 e. The Hall–Kier alpha value is -2.55. The van der Waals surface area contributed by atoms with E-state index in [1.54, 1.807) is 6.07 Å². The first-order valence-corrected chi connectivity index (χ1v) is 7.26. The maximum absolute atomic E-state index is 10.9. The molecule has 1 saturated heterocycles. The molecule has 6 heteroatoms. The van der Waals surface area contributed by atoms with Gasteiger partial charge in [0.2, 0.25) is 0 Å². The van der Waals surface area contributed by atoms with E-state index < -0.39 is 6.09 Å². The summed E-state index contributed by atoms with van der Waals surface area (Å²) in [5.41, 5.74) is 2.46. The molecule has 1 fully saturated rings. The fraction of sp³-hybridized carbons (Fsp3) is 0.438. The SMILES string of the molecule is N#Cc1cc(OCC2CCN2C(=O)O)cc2c1CC(C=O)C2. The first-order valence-electron chi connectivity index (χ1n) is 7.26. The molecule has 22 heavy (non-hydrogen) atoms. The van der Waals surface area contributed by atoms with Crippen LogP contribution in [0.25, 0.3) is 0 Å². The summed E-state index contributed by atoms with van der Waals surface area (Å²) < 4.78 is 5.68. The van der Waals surface area contributed by atoms with Gasteiger partial charge in [-0.15, -0.1) is 0 Å². The third-order valence-electron chi connectivity index (χ3n) is 4.41. The van der Waals surface area contributed by atoms with Gasteiger partial charge in [-0.2, -0.15) is 5.26 Å². The van der Waals surface area contributed by atoms with Crippen LogP contribution >= 0.6 is 0 Å². The van der Waals surface area contributed by atoms with E-state index >= 15 is 0 Å². The van der Waals surface area contributed by atoms with Crippen LogP contribution in [0.1, 0.15) is 23.1 Å². The summed E-state index contributed by atoms with van der Waals surface area (Å²) in [6.45, 7) is 0.824. The average Bonchev–Trinajstić information content (AvgIpc) is 2.87. The molecule has 1 heterocycles. The molecule has 3 rings (SSSR count). The number of benzene rings is 1. The lowest BCUT2D eigenvalue weighted by Crippen LogP contribution is -2.53. The van der Waals surface area contributed by atoms with Crippen molar-refractivity contribution in [1.82, 2.24) is 4.90 Å². The Morgan fingerprint density at radius 2 is 2.32 bits per heavy atom. The first-order chi connectivity index (χ1) is 10.6. The van der Waals surface area contributed by atoms with Gasteiger partial charge in [0.25, 0.3) is 0 Å². The van der Waals surface area contributed by atoms with E-state index in [1.807, 2.05) is 6.07 Å². The molecule has 1 N–H and O–H groups in total. The predicted octanol–water partition coefficient (Wildman–Crippen LogP) is 1.60. The lowest BCUT2D eigenvalue weighted by Gasteiger charge is -2.38. The predicted molar refractivity (Wildman–Crippen MR) is 76.7 cm³/mol. The topological polar surface area (TPSA) is 90.6 Å². The molecular weight excluding hydrogens is 284 g/mol. The van der Waals surface area contributed by atoms with Gasteiger partial charge in [-0.25, -0.2) is 4.79 Å². The Labute approximate surface area is 127 Å². The Balaban J connectivity index is 1.72. The van der Waals surface area contributed by atoms with Gasteiger partial charge in [0.05, 0.1) is 17.7 Å². The van der Waals surface area contributed by atoms with Crippen molar-refractivity contribution < 1.29 is 19.4 Å². The van der Waals surface area contributed by atoms with Crippen molar-refractivity contribution in [2.45, 2.75) is 25.3 Å². The third kappa shape index (κ3) is 2.50. The number of nitriles is 1. The Kier molecular flexibility index (Phi) is 3.72. The van der Waals surface area contributed by atoms with Crippen LogP contribution in [0.15, 0.2) is 12.1 Å². The molecule has 2 unspecified atom stereocenters. The second kappa shape index (κ2) is 5.68. The highest BCUT2D eigenvalue weighted by atomic mass is 16.5. The Morgan fingerprint density at radius 3 is 2.91 bits per heavy atom. The van der Waals surface area contributed by atoms with Gasteiger partial charge in [0, 0.05) is 12.5 Å². The third-order valence-corrected chi connectivity index (χ3v) is 4.41. The van der Waals surface area contributed by atoms with Crippen molar-refractivity contribution in [3.8, 4) is 11.8 Å². The number of likely N-dealkylation sites (tertiary alicyclic amines) is 1. The molecule has 0 radical (unpaired) electrons. The van der Waals surface area contributed by atoms with E-state index in [-0.39, 0.29) is 18.6 Å². The molecular formula is C16H16N2O4. The number of nitrogens with zero attached hydrogens (tertiary/aromatic N) is 2. The maximum atomic E-state index is 10.9. The molecule has 0 aromatic heterocycles. The summed E-state index contributed by atoms with van der Waals surface area (Å²) in [6, 6.07) is 5.57. The zero-order valence-electron chi connectivity index (χ0n) is 12.0. The highest BCUT2D eigenvalue weighted by Crippen LogP contribution is 2.32. The highest BCUT2D eigenvalue weighted by molar-refractivity contribution is 5.66. The van der Waals surface area contributed by atoms with Gasteiger partial charge in [-0.3, -0.25) is 0 Å². The van der Waals surface area contributed by atoms with Crippen LogP contribution in [0, 0.1) is 17.2 Å². The quantitative estimate of drug-likeness (QED) is 0.853. The molecule has 1 aliphatic carbocycles. The molecule has 2 aliphatic rings. The minimum Gasteiger partial charge on any atom is -0.491 e. The van der Waals surface area contributed by atoms with E-state index in [0.717, 1.165) is 23.8 Å². The highest BCUT2D eigenvalue weighted by Gasteiger charge is 2.32. The van der Waals surface area contributed by atoms with Gasteiger partial charge in [0.15, 0.2) is 0 Å². The Morgan fingerprint density at radius 1 is 1.50 bits per heavy atom. The molecule has 0 saturated carbocycles. The fourth-order valence-corrected chi connectivity index (χ4v) is 3.08. The smallest absolute Gasteiger partial charge is 0.407 e. The van der Waals surface area contributed by atoms with Crippen molar-refractivity contribution in [2.75, 3.05) is 13.2 Å². The van der Waals surface area contributed by atoms with Crippen LogP contribution in [-0.4, -0.2) is 41.6 Å². The van der Waals surface area contributed by atoms with Crippen molar-refractivity contribution in [2.24, 2.45) is 5.92 Å². The zero-order chi connectivity index (χ0) is 15.7. The number of amides is 1. The normalized spacial score (nSPS) is 22.4. The fourth-order valence-electron chi connectivity index (χ4n) is 3.08. The first kappa shape index (κ1) is 14.4. The van der Waals surface area contributed by atoms with Crippen LogP contribution < -0.4 is 4.74 Å². The van der Waals surface area contributed by atoms with Crippen LogP contribution in [0.3, 0.4) is 0 Å². The zero-order valence-corrected chi connectivity index (χ0v) is 12.0. The summed E-state index contributed by atoms with van der Waals surface area (Å²) in [6.07, 6.45) is 2.03. The minimum absolute atomic E-state index is 0.0634. The number of rotatable bonds is 4. The molecule has 1 amide bonds. The summed E-state index contributed by atoms with van der Waals surface area (Å²) in [7, 11) is 0. The van der Waals surface area contributed by atoms with E-state index in [4.69, 9.17) is 9.84 Å². The number of ether oxygens (including phenoxy) is 1. The van der Waals surface area contributed by atoms with Crippen LogP contribution in [-0.2, 0) is 17.6 Å². The number of aldehydes is 1. The van der Waals surface area contributed by atoms with Gasteiger partial charge < -0.3 is 19.5 Å². The molecule has 1 aliphatic heterocycles. The van der Waals surface area contributed by atoms with E-state index in [9.17, 15) is 14.9 Å². The number of carbonyl (C=O) groups is 2. The lowest BCUT2D eigenvalue weighted by molar-refractivity contribution is -0.110. The molecule has 1 aromatic rings. The molecule has 114 valence electrons. The monoisotopic (exact) mass is 300 g/mol. The number of carboxylic acid groups (broad SMARTS) is 1. The van der Waals surface area contributed by atoms with Crippen molar-refractivity contribution >= 4 is 12.4 Å². The molecule has 0 bridgehead atoms. The van der Waals surface area contributed by atoms with Gasteiger partial charge in [-0.05, 0) is 42.5 Å². The van der Waals surface area contributed by atoms with Crippen LogP contribution in [0.5, 0.6) is 5.75 Å². The van der Waals surface area contributed by atoms with Crippen LogP contribution in [0.4, 0.5) is 4.79 Å². The van der Waals surface area contributed by atoms with Gasteiger partial charge in [0.1, 0.15) is 18.6 Å². The van der Waals surface area contributed by atoms with E-state index in [2.05, 4.69) is 6.07 Å². The molecule has 0 spiro atoms. The number of hydrogen-bond donors (Lipinski definition) is 1. The molecule has 2 atom stereocenters. The lowest BCUT2D eigenvalue weighted by atomic mass is 10.0. The summed E-state index contributed by atoms with van der Waals surface area (Å²) in [5, 5.41) is 18.2. The van der Waals surface area contributed by atoms with Crippen molar-refractivity contribution in [3.63, 3.8) is 0 Å². The standard InChI is InChI=1S/C16H16N2O4/c17-7-12-6-14(5-11-3-10(8-19)4-15(11)12)22-9-13-1-2-18(13)16(20)21/h5-6,8,10,13H,1-4,9H2,(H,20,21). The Bertz CT molecular complexity index is 665. The number of hydrogen-bond acceptors (Lipinski definition) is 4. The van der Waals surface area contributed by atoms with Crippen LogP contribution in [0.2, 0.25) is 0 Å². The second-order valence-corrected chi connectivity index (χ2v) is 5.75. The summed E-state index contributed by atoms with van der Waals surface area (Å²) >= 11 is 0.